The van der Waals surface area contributed by atoms with E-state index in [1.54, 1.807) is 11.3 Å². The van der Waals surface area contributed by atoms with Crippen LogP contribution in [0.15, 0.2) is 28.4 Å². The first kappa shape index (κ1) is 13.2. The van der Waals surface area contributed by atoms with E-state index >= 15 is 0 Å². The lowest BCUT2D eigenvalue weighted by Crippen LogP contribution is -2.30. The molecule has 0 saturated carbocycles. The number of hydrogen-bond acceptors (Lipinski definition) is 7. The Kier molecular flexibility index (Phi) is 5.28. The maximum atomic E-state index is 9.66. The fourth-order valence-electron chi connectivity index (χ4n) is 1.37. The fourth-order valence-corrected chi connectivity index (χ4v) is 2.01. The molecule has 1 atom stereocenters. The molecule has 0 saturated heterocycles. The van der Waals surface area contributed by atoms with Gasteiger partial charge in [-0.1, -0.05) is 11.2 Å². The number of hydrogen-bond donors (Lipinski definition) is 2. The minimum absolute atomic E-state index is 0.303. The second-order valence-electron chi connectivity index (χ2n) is 3.73. The highest BCUT2D eigenvalue weighted by atomic mass is 32.1. The van der Waals surface area contributed by atoms with Crippen molar-refractivity contribution < 1.29 is 14.4 Å². The molecule has 0 amide bonds. The molecular weight excluding hydrogens is 254 g/mol. The first-order chi connectivity index (χ1) is 8.84. The van der Waals surface area contributed by atoms with E-state index in [9.17, 15) is 5.11 Å². The molecule has 2 aromatic heterocycles. The average molecular weight is 269 g/mol. The van der Waals surface area contributed by atoms with Crippen LogP contribution in [0.2, 0.25) is 0 Å². The normalized spacial score (nSPS) is 12.7. The van der Waals surface area contributed by atoms with Gasteiger partial charge in [0, 0.05) is 11.4 Å². The number of ether oxygens (including phenoxy) is 1. The lowest BCUT2D eigenvalue weighted by Gasteiger charge is -2.11. The van der Waals surface area contributed by atoms with E-state index in [-0.39, 0.29) is 0 Å². The summed E-state index contributed by atoms with van der Waals surface area (Å²) in [6.07, 6.45) is 0.731. The molecule has 0 radical (unpaired) electrons. The van der Waals surface area contributed by atoms with Gasteiger partial charge < -0.3 is 19.7 Å². The molecule has 6 nitrogen and oxygen atoms in total. The van der Waals surface area contributed by atoms with Crippen molar-refractivity contribution in [3.05, 3.63) is 34.6 Å². The highest BCUT2D eigenvalue weighted by molar-refractivity contribution is 7.09. The minimum atomic E-state index is -0.545. The average Bonchev–Trinajstić information content (AvgIpc) is 3.01. The molecule has 0 bridgehead atoms. The molecule has 18 heavy (non-hydrogen) atoms. The second-order valence-corrected chi connectivity index (χ2v) is 4.76. The largest absolute Gasteiger partial charge is 0.389 e. The molecule has 0 aliphatic rings. The molecule has 1 unspecified atom stereocenters. The van der Waals surface area contributed by atoms with Crippen molar-refractivity contribution in [1.29, 1.82) is 0 Å². The van der Waals surface area contributed by atoms with Crippen LogP contribution in [0.25, 0.3) is 0 Å². The number of thiophene rings is 1. The van der Waals surface area contributed by atoms with Gasteiger partial charge in [-0.05, 0) is 11.4 Å². The topological polar surface area (TPSA) is 80.4 Å². The first-order valence-corrected chi connectivity index (χ1v) is 6.46. The third kappa shape index (κ3) is 4.53. The van der Waals surface area contributed by atoms with Crippen LogP contribution in [0.3, 0.4) is 0 Å². The molecular formula is C11H15N3O3S. The first-order valence-electron chi connectivity index (χ1n) is 5.59. The van der Waals surface area contributed by atoms with Crippen LogP contribution >= 0.6 is 11.3 Å². The fraction of sp³-hybridized carbons (Fsp3) is 0.455. The van der Waals surface area contributed by atoms with Crippen molar-refractivity contribution in [1.82, 2.24) is 15.5 Å². The summed E-state index contributed by atoms with van der Waals surface area (Å²) in [5, 5.41) is 18.3. The van der Waals surface area contributed by atoms with Gasteiger partial charge in [0.25, 0.3) is 0 Å². The van der Waals surface area contributed by atoms with E-state index in [2.05, 4.69) is 20.0 Å². The van der Waals surface area contributed by atoms with Gasteiger partial charge in [0.15, 0.2) is 5.82 Å². The Balaban J connectivity index is 1.53. The van der Waals surface area contributed by atoms with Gasteiger partial charge in [-0.2, -0.15) is 4.98 Å². The van der Waals surface area contributed by atoms with Crippen LogP contribution in [0, 0.1) is 0 Å². The van der Waals surface area contributed by atoms with E-state index in [0.717, 1.165) is 4.88 Å². The van der Waals surface area contributed by atoms with Gasteiger partial charge >= 0.3 is 0 Å². The molecule has 0 spiro atoms. The lowest BCUT2D eigenvalue weighted by atomic mass is 10.3. The van der Waals surface area contributed by atoms with Crippen LogP contribution in [0.5, 0.6) is 0 Å². The van der Waals surface area contributed by atoms with E-state index < -0.39 is 6.10 Å². The molecule has 0 aliphatic heterocycles. The summed E-state index contributed by atoms with van der Waals surface area (Å²) >= 11 is 1.64. The third-order valence-corrected chi connectivity index (χ3v) is 3.05. The maximum Gasteiger partial charge on any atom is 0.213 e. The SMILES string of the molecule is OC(CNCc1ncon1)COCc1cccs1. The Bertz CT molecular complexity index is 378. The Hall–Kier alpha value is -1.28. The Morgan fingerprint density at radius 3 is 3.22 bits per heavy atom. The van der Waals surface area contributed by atoms with Gasteiger partial charge in [-0.3, -0.25) is 0 Å². The molecule has 98 valence electrons. The van der Waals surface area contributed by atoms with Crippen LogP contribution in [0.4, 0.5) is 0 Å². The summed E-state index contributed by atoms with van der Waals surface area (Å²) in [5.41, 5.74) is 0. The summed E-state index contributed by atoms with van der Waals surface area (Å²) in [4.78, 5) is 5.01. The smallest absolute Gasteiger partial charge is 0.213 e. The predicted octanol–water partition coefficient (Wildman–Crippen LogP) is 0.798. The molecule has 2 heterocycles. The summed E-state index contributed by atoms with van der Waals surface area (Å²) in [6.45, 7) is 1.74. The zero-order valence-corrected chi connectivity index (χ0v) is 10.6. The summed E-state index contributed by atoms with van der Waals surface area (Å²) in [5.74, 6) is 0.571. The quantitative estimate of drug-likeness (QED) is 0.738. The highest BCUT2D eigenvalue weighted by Crippen LogP contribution is 2.09. The number of aromatic nitrogens is 2. The van der Waals surface area contributed by atoms with E-state index in [1.807, 2.05) is 17.5 Å². The van der Waals surface area contributed by atoms with Crippen molar-refractivity contribution in [2.45, 2.75) is 19.3 Å². The predicted molar refractivity (Wildman–Crippen MR) is 66.0 cm³/mol. The number of nitrogens with zero attached hydrogens (tertiary/aromatic N) is 2. The molecule has 0 aromatic carbocycles. The van der Waals surface area contributed by atoms with Gasteiger partial charge in [-0.25, -0.2) is 0 Å². The number of aliphatic hydroxyl groups is 1. The number of aliphatic hydroxyl groups excluding tert-OH is 1. The highest BCUT2D eigenvalue weighted by Gasteiger charge is 2.05. The summed E-state index contributed by atoms with van der Waals surface area (Å²) in [7, 11) is 0. The van der Waals surface area contributed by atoms with Gasteiger partial charge in [0.1, 0.15) is 0 Å². The van der Waals surface area contributed by atoms with Crippen LogP contribution in [0.1, 0.15) is 10.7 Å². The monoisotopic (exact) mass is 269 g/mol. The Labute approximate surface area is 109 Å². The summed E-state index contributed by atoms with van der Waals surface area (Å²) in [6, 6.07) is 3.98. The third-order valence-electron chi connectivity index (χ3n) is 2.20. The van der Waals surface area contributed by atoms with E-state index in [1.165, 1.54) is 6.39 Å². The second kappa shape index (κ2) is 7.22. The van der Waals surface area contributed by atoms with E-state index in [0.29, 0.717) is 32.1 Å². The molecule has 0 fully saturated rings. The van der Waals surface area contributed by atoms with Crippen LogP contribution in [-0.4, -0.2) is 34.5 Å². The zero-order chi connectivity index (χ0) is 12.6. The van der Waals surface area contributed by atoms with Gasteiger partial charge in [-0.15, -0.1) is 11.3 Å². The molecule has 7 heteroatoms. The van der Waals surface area contributed by atoms with Gasteiger partial charge in [0.2, 0.25) is 6.39 Å². The number of nitrogens with one attached hydrogen (secondary N) is 1. The maximum absolute atomic E-state index is 9.66. The van der Waals surface area contributed by atoms with E-state index in [4.69, 9.17) is 4.74 Å². The minimum Gasteiger partial charge on any atom is -0.389 e. The van der Waals surface area contributed by atoms with Crippen molar-refractivity contribution >= 4 is 11.3 Å². The standard InChI is InChI=1S/C11H15N3O3S/c15-9(4-12-5-11-13-8-17-14-11)6-16-7-10-2-1-3-18-10/h1-3,8-9,12,15H,4-7H2. The molecule has 2 N–H and O–H groups in total. The number of rotatable bonds is 8. The van der Waals surface area contributed by atoms with Gasteiger partial charge in [0.05, 0.1) is 25.9 Å². The Morgan fingerprint density at radius 2 is 2.50 bits per heavy atom. The zero-order valence-electron chi connectivity index (χ0n) is 9.78. The van der Waals surface area contributed by atoms with Crippen molar-refractivity contribution in [2.75, 3.05) is 13.2 Å². The molecule has 2 aromatic rings. The van der Waals surface area contributed by atoms with Crippen molar-refractivity contribution in [3.63, 3.8) is 0 Å². The van der Waals surface area contributed by atoms with Crippen LogP contribution < -0.4 is 5.32 Å². The Morgan fingerprint density at radius 1 is 1.56 bits per heavy atom. The lowest BCUT2D eigenvalue weighted by molar-refractivity contribution is 0.0296. The molecule has 2 rings (SSSR count). The summed E-state index contributed by atoms with van der Waals surface area (Å²) < 4.78 is 9.99. The van der Waals surface area contributed by atoms with Crippen molar-refractivity contribution in [3.8, 4) is 0 Å². The molecule has 0 aliphatic carbocycles. The van der Waals surface area contributed by atoms with Crippen molar-refractivity contribution in [2.24, 2.45) is 0 Å². The van der Waals surface area contributed by atoms with Crippen LogP contribution in [-0.2, 0) is 17.9 Å².